The summed E-state index contributed by atoms with van der Waals surface area (Å²) < 4.78 is 5.07. The molecule has 0 aliphatic carbocycles. The van der Waals surface area contributed by atoms with Crippen molar-refractivity contribution >= 4 is 11.7 Å². The second kappa shape index (κ2) is 6.54. The van der Waals surface area contributed by atoms with Gasteiger partial charge in [0.1, 0.15) is 0 Å². The lowest BCUT2D eigenvalue weighted by molar-refractivity contribution is 0.185. The van der Waals surface area contributed by atoms with Gasteiger partial charge in [-0.25, -0.2) is 4.79 Å². The average molecular weight is 264 g/mol. The van der Waals surface area contributed by atoms with E-state index in [4.69, 9.17) is 9.84 Å². The molecule has 0 bridgehead atoms. The molecule has 1 fully saturated rings. The molecule has 104 valence electrons. The number of carbonyl (C=O) groups is 1. The highest BCUT2D eigenvalue weighted by Gasteiger charge is 2.25. The van der Waals surface area contributed by atoms with Gasteiger partial charge in [-0.2, -0.15) is 0 Å². The van der Waals surface area contributed by atoms with Crippen LogP contribution in [-0.4, -0.2) is 42.8 Å². The summed E-state index contributed by atoms with van der Waals surface area (Å²) in [4.78, 5) is 13.8. The Morgan fingerprint density at radius 1 is 1.58 bits per heavy atom. The largest absolute Gasteiger partial charge is 0.396 e. The number of aliphatic hydroxyl groups is 1. The lowest BCUT2D eigenvalue weighted by Gasteiger charge is -2.17. The van der Waals surface area contributed by atoms with Crippen molar-refractivity contribution in [3.8, 4) is 0 Å². The molecule has 19 heavy (non-hydrogen) atoms. The van der Waals surface area contributed by atoms with E-state index in [1.807, 2.05) is 24.3 Å². The summed E-state index contributed by atoms with van der Waals surface area (Å²) in [7, 11) is 1.64. The van der Waals surface area contributed by atoms with Gasteiger partial charge >= 0.3 is 6.03 Å². The predicted molar refractivity (Wildman–Crippen MR) is 72.9 cm³/mol. The van der Waals surface area contributed by atoms with Crippen LogP contribution in [-0.2, 0) is 11.3 Å². The Morgan fingerprint density at radius 2 is 2.42 bits per heavy atom. The van der Waals surface area contributed by atoms with Gasteiger partial charge in [-0.3, -0.25) is 0 Å². The lowest BCUT2D eigenvalue weighted by atomic mass is 10.1. The van der Waals surface area contributed by atoms with E-state index in [1.165, 1.54) is 0 Å². The minimum Gasteiger partial charge on any atom is -0.396 e. The van der Waals surface area contributed by atoms with E-state index >= 15 is 0 Å². The number of hydrogen-bond donors (Lipinski definition) is 2. The summed E-state index contributed by atoms with van der Waals surface area (Å²) in [6.45, 7) is 2.00. The monoisotopic (exact) mass is 264 g/mol. The second-order valence-corrected chi connectivity index (χ2v) is 4.85. The van der Waals surface area contributed by atoms with E-state index < -0.39 is 0 Å². The number of likely N-dealkylation sites (tertiary alicyclic amines) is 1. The first-order valence-electron chi connectivity index (χ1n) is 6.47. The second-order valence-electron chi connectivity index (χ2n) is 4.85. The van der Waals surface area contributed by atoms with Gasteiger partial charge in [0.05, 0.1) is 6.61 Å². The number of ether oxygens (including phenoxy) is 1. The van der Waals surface area contributed by atoms with Crippen molar-refractivity contribution in [1.29, 1.82) is 0 Å². The van der Waals surface area contributed by atoms with Gasteiger partial charge in [0.15, 0.2) is 0 Å². The fraction of sp³-hybridized carbons (Fsp3) is 0.500. The number of benzene rings is 1. The van der Waals surface area contributed by atoms with Crippen LogP contribution in [0, 0.1) is 5.92 Å². The molecule has 0 spiro atoms. The SMILES string of the molecule is COCc1cccc(NC(=O)N2CCC(CO)C2)c1. The predicted octanol–water partition coefficient (Wildman–Crippen LogP) is 1.68. The highest BCUT2D eigenvalue weighted by molar-refractivity contribution is 5.89. The summed E-state index contributed by atoms with van der Waals surface area (Å²) in [6, 6.07) is 7.50. The van der Waals surface area contributed by atoms with E-state index in [2.05, 4.69) is 5.32 Å². The van der Waals surface area contributed by atoms with Crippen molar-refractivity contribution in [2.24, 2.45) is 5.92 Å². The molecule has 5 heteroatoms. The Hall–Kier alpha value is -1.59. The van der Waals surface area contributed by atoms with Crippen LogP contribution in [0.2, 0.25) is 0 Å². The Morgan fingerprint density at radius 3 is 3.11 bits per heavy atom. The van der Waals surface area contributed by atoms with Crippen molar-refractivity contribution < 1.29 is 14.6 Å². The van der Waals surface area contributed by atoms with Crippen molar-refractivity contribution in [3.63, 3.8) is 0 Å². The zero-order valence-electron chi connectivity index (χ0n) is 11.1. The number of rotatable bonds is 4. The van der Waals surface area contributed by atoms with Gasteiger partial charge in [-0.05, 0) is 24.1 Å². The van der Waals surface area contributed by atoms with Crippen LogP contribution in [0.5, 0.6) is 0 Å². The van der Waals surface area contributed by atoms with Crippen molar-refractivity contribution in [1.82, 2.24) is 4.90 Å². The number of urea groups is 1. The van der Waals surface area contributed by atoms with E-state index in [1.54, 1.807) is 12.0 Å². The van der Waals surface area contributed by atoms with Crippen LogP contribution in [0.4, 0.5) is 10.5 Å². The molecule has 1 aliphatic heterocycles. The molecule has 1 aliphatic rings. The van der Waals surface area contributed by atoms with Gasteiger partial charge in [-0.15, -0.1) is 0 Å². The fourth-order valence-electron chi connectivity index (χ4n) is 2.27. The number of anilines is 1. The van der Waals surface area contributed by atoms with E-state index in [0.717, 1.165) is 17.7 Å². The van der Waals surface area contributed by atoms with Gasteiger partial charge in [0.25, 0.3) is 0 Å². The average Bonchev–Trinajstić information content (AvgIpc) is 2.88. The van der Waals surface area contributed by atoms with Gasteiger partial charge in [0, 0.05) is 38.4 Å². The number of carbonyl (C=O) groups excluding carboxylic acids is 1. The first-order chi connectivity index (χ1) is 9.22. The quantitative estimate of drug-likeness (QED) is 0.869. The minimum atomic E-state index is -0.106. The van der Waals surface area contributed by atoms with Crippen molar-refractivity contribution in [2.75, 3.05) is 32.1 Å². The molecule has 1 unspecified atom stereocenters. The maximum Gasteiger partial charge on any atom is 0.321 e. The lowest BCUT2D eigenvalue weighted by Crippen LogP contribution is -2.33. The Labute approximate surface area is 113 Å². The maximum absolute atomic E-state index is 12.0. The third-order valence-electron chi connectivity index (χ3n) is 3.32. The molecule has 0 radical (unpaired) electrons. The molecule has 2 rings (SSSR count). The molecular formula is C14H20N2O3. The Balaban J connectivity index is 1.93. The van der Waals surface area contributed by atoms with Crippen LogP contribution < -0.4 is 5.32 Å². The summed E-state index contributed by atoms with van der Waals surface area (Å²) in [5, 5.41) is 12.0. The molecular weight excluding hydrogens is 244 g/mol. The van der Waals surface area contributed by atoms with Gasteiger partial charge < -0.3 is 20.1 Å². The molecule has 2 N–H and O–H groups in total. The summed E-state index contributed by atoms with van der Waals surface area (Å²) in [6.07, 6.45) is 0.869. The van der Waals surface area contributed by atoms with Crippen molar-refractivity contribution in [3.05, 3.63) is 29.8 Å². The zero-order chi connectivity index (χ0) is 13.7. The molecule has 1 atom stereocenters. The van der Waals surface area contributed by atoms with E-state index in [9.17, 15) is 4.79 Å². The van der Waals surface area contributed by atoms with E-state index in [-0.39, 0.29) is 18.6 Å². The maximum atomic E-state index is 12.0. The molecule has 1 aromatic rings. The molecule has 1 heterocycles. The molecule has 5 nitrogen and oxygen atoms in total. The third kappa shape index (κ3) is 3.68. The number of aliphatic hydroxyl groups excluding tert-OH is 1. The summed E-state index contributed by atoms with van der Waals surface area (Å²) in [5.74, 6) is 0.213. The van der Waals surface area contributed by atoms with Gasteiger partial charge in [0.2, 0.25) is 0 Å². The topological polar surface area (TPSA) is 61.8 Å². The number of methoxy groups -OCH3 is 1. The minimum absolute atomic E-state index is 0.106. The molecule has 2 amide bonds. The number of amides is 2. The molecule has 1 saturated heterocycles. The van der Waals surface area contributed by atoms with Crippen LogP contribution in [0.25, 0.3) is 0 Å². The zero-order valence-corrected chi connectivity index (χ0v) is 11.1. The van der Waals surface area contributed by atoms with E-state index in [0.29, 0.717) is 19.7 Å². The summed E-state index contributed by atoms with van der Waals surface area (Å²) in [5.41, 5.74) is 1.79. The first kappa shape index (κ1) is 13.8. The number of nitrogens with zero attached hydrogens (tertiary/aromatic N) is 1. The standard InChI is InChI=1S/C14H20N2O3/c1-19-10-11-3-2-4-13(7-11)15-14(18)16-6-5-12(8-16)9-17/h2-4,7,12,17H,5-6,8-10H2,1H3,(H,15,18). The smallest absolute Gasteiger partial charge is 0.321 e. The fourth-order valence-corrected chi connectivity index (χ4v) is 2.27. The molecule has 0 saturated carbocycles. The Bertz CT molecular complexity index is 436. The number of nitrogens with one attached hydrogen (secondary N) is 1. The van der Waals surface area contributed by atoms with Crippen LogP contribution in [0.3, 0.4) is 0 Å². The molecule has 0 aromatic heterocycles. The Kier molecular flexibility index (Phi) is 4.76. The third-order valence-corrected chi connectivity index (χ3v) is 3.32. The highest BCUT2D eigenvalue weighted by atomic mass is 16.5. The van der Waals surface area contributed by atoms with Crippen LogP contribution >= 0.6 is 0 Å². The normalized spacial score (nSPS) is 18.6. The summed E-state index contributed by atoms with van der Waals surface area (Å²) >= 11 is 0. The van der Waals surface area contributed by atoms with Crippen molar-refractivity contribution in [2.45, 2.75) is 13.0 Å². The van der Waals surface area contributed by atoms with Gasteiger partial charge in [-0.1, -0.05) is 12.1 Å². The molecule has 1 aromatic carbocycles. The highest BCUT2D eigenvalue weighted by Crippen LogP contribution is 2.18. The van der Waals surface area contributed by atoms with Crippen LogP contribution in [0.15, 0.2) is 24.3 Å². The first-order valence-corrected chi connectivity index (χ1v) is 6.47. The number of hydrogen-bond acceptors (Lipinski definition) is 3. The van der Waals surface area contributed by atoms with Crippen LogP contribution in [0.1, 0.15) is 12.0 Å².